The molecule has 0 heterocycles. The first-order valence-electron chi connectivity index (χ1n) is 7.13. The van der Waals surface area contributed by atoms with Crippen molar-refractivity contribution < 1.29 is 14.6 Å². The smallest absolute Gasteiger partial charge is 0.339 e. The molecule has 3 nitrogen and oxygen atoms in total. The van der Waals surface area contributed by atoms with Crippen LogP contribution in [-0.2, 0) is 0 Å². The van der Waals surface area contributed by atoms with Gasteiger partial charge in [0, 0.05) is 0 Å². The van der Waals surface area contributed by atoms with Gasteiger partial charge in [-0.25, -0.2) is 4.79 Å². The van der Waals surface area contributed by atoms with Gasteiger partial charge < -0.3 is 9.84 Å². The summed E-state index contributed by atoms with van der Waals surface area (Å²) in [6.07, 6.45) is 4.90. The largest absolute Gasteiger partial charge is 0.492 e. The lowest BCUT2D eigenvalue weighted by Gasteiger charge is -2.14. The van der Waals surface area contributed by atoms with Crippen LogP contribution in [-0.4, -0.2) is 17.7 Å². The van der Waals surface area contributed by atoms with E-state index in [1.165, 1.54) is 25.7 Å². The van der Waals surface area contributed by atoms with Crippen LogP contribution in [0.1, 0.15) is 36.0 Å². The molecule has 0 saturated heterocycles. The third-order valence-corrected chi connectivity index (χ3v) is 4.03. The van der Waals surface area contributed by atoms with Crippen LogP contribution in [0.3, 0.4) is 0 Å². The molecule has 2 aromatic carbocycles. The molecule has 3 rings (SSSR count). The molecule has 20 heavy (non-hydrogen) atoms. The molecule has 0 radical (unpaired) electrons. The van der Waals surface area contributed by atoms with Gasteiger partial charge in [0.25, 0.3) is 0 Å². The second-order valence-corrected chi connectivity index (χ2v) is 5.46. The Hall–Kier alpha value is -2.03. The number of carboxylic acid groups (broad SMARTS) is 1. The quantitative estimate of drug-likeness (QED) is 0.909. The molecule has 0 aromatic heterocycles. The molecule has 1 saturated carbocycles. The first-order valence-corrected chi connectivity index (χ1v) is 7.13. The first kappa shape index (κ1) is 13.0. The van der Waals surface area contributed by atoms with E-state index in [1.807, 2.05) is 30.3 Å². The van der Waals surface area contributed by atoms with E-state index < -0.39 is 5.97 Å². The van der Waals surface area contributed by atoms with Crippen LogP contribution < -0.4 is 4.74 Å². The third kappa shape index (κ3) is 2.62. The minimum Gasteiger partial charge on any atom is -0.492 e. The summed E-state index contributed by atoms with van der Waals surface area (Å²) in [5, 5.41) is 11.3. The molecule has 3 heteroatoms. The van der Waals surface area contributed by atoms with E-state index in [0.29, 0.717) is 18.3 Å². The number of carbonyl (C=O) groups is 1. The third-order valence-electron chi connectivity index (χ3n) is 4.03. The van der Waals surface area contributed by atoms with Gasteiger partial charge >= 0.3 is 5.97 Å². The zero-order chi connectivity index (χ0) is 13.9. The fourth-order valence-corrected chi connectivity index (χ4v) is 2.89. The van der Waals surface area contributed by atoms with Gasteiger partial charge in [-0.2, -0.15) is 0 Å². The zero-order valence-electron chi connectivity index (χ0n) is 11.3. The molecule has 0 aliphatic heterocycles. The van der Waals surface area contributed by atoms with Crippen LogP contribution in [0.25, 0.3) is 10.8 Å². The maximum absolute atomic E-state index is 11.4. The molecule has 1 aliphatic rings. The standard InChI is InChI=1S/C17H18O3/c18-17(19)15-9-13-7-3-4-8-14(13)10-16(15)20-11-12-5-1-2-6-12/h3-4,7-10,12H,1-2,5-6,11H2,(H,18,19). The van der Waals surface area contributed by atoms with Crippen molar-refractivity contribution in [1.82, 2.24) is 0 Å². The zero-order valence-corrected chi connectivity index (χ0v) is 11.3. The van der Waals surface area contributed by atoms with Gasteiger partial charge in [-0.3, -0.25) is 0 Å². The van der Waals surface area contributed by atoms with Crippen molar-refractivity contribution in [2.24, 2.45) is 5.92 Å². The predicted molar refractivity (Wildman–Crippen MR) is 78.4 cm³/mol. The van der Waals surface area contributed by atoms with Gasteiger partial charge in [0.1, 0.15) is 11.3 Å². The molecule has 2 aromatic rings. The highest BCUT2D eigenvalue weighted by molar-refractivity contribution is 5.97. The van der Waals surface area contributed by atoms with Crippen molar-refractivity contribution >= 4 is 16.7 Å². The lowest BCUT2D eigenvalue weighted by molar-refractivity contribution is 0.0691. The Morgan fingerprint density at radius 3 is 2.45 bits per heavy atom. The molecule has 0 atom stereocenters. The predicted octanol–water partition coefficient (Wildman–Crippen LogP) is 4.11. The SMILES string of the molecule is O=C(O)c1cc2ccccc2cc1OCC1CCCC1. The highest BCUT2D eigenvalue weighted by Crippen LogP contribution is 2.29. The van der Waals surface area contributed by atoms with E-state index in [0.717, 1.165) is 10.8 Å². The number of hydrogen-bond donors (Lipinski definition) is 1. The van der Waals surface area contributed by atoms with E-state index in [2.05, 4.69) is 0 Å². The van der Waals surface area contributed by atoms with E-state index in [-0.39, 0.29) is 5.56 Å². The van der Waals surface area contributed by atoms with E-state index in [4.69, 9.17) is 4.74 Å². The lowest BCUT2D eigenvalue weighted by Crippen LogP contribution is -2.10. The minimum atomic E-state index is -0.933. The number of rotatable bonds is 4. The maximum Gasteiger partial charge on any atom is 0.339 e. The second-order valence-electron chi connectivity index (χ2n) is 5.46. The van der Waals surface area contributed by atoms with Crippen molar-refractivity contribution in [3.05, 3.63) is 42.0 Å². The Labute approximate surface area is 118 Å². The summed E-state index contributed by atoms with van der Waals surface area (Å²) < 4.78 is 5.81. The Bertz CT molecular complexity index is 627. The summed E-state index contributed by atoms with van der Waals surface area (Å²) in [5.74, 6) is 0.128. The van der Waals surface area contributed by atoms with Crippen LogP contribution in [0.5, 0.6) is 5.75 Å². The van der Waals surface area contributed by atoms with Crippen LogP contribution in [0.15, 0.2) is 36.4 Å². The minimum absolute atomic E-state index is 0.252. The molecule has 1 N–H and O–H groups in total. The number of hydrogen-bond acceptors (Lipinski definition) is 2. The average Bonchev–Trinajstić information content (AvgIpc) is 2.97. The summed E-state index contributed by atoms with van der Waals surface area (Å²) >= 11 is 0. The fraction of sp³-hybridized carbons (Fsp3) is 0.353. The summed E-state index contributed by atoms with van der Waals surface area (Å²) in [7, 11) is 0. The Morgan fingerprint density at radius 1 is 1.15 bits per heavy atom. The van der Waals surface area contributed by atoms with Gasteiger partial charge in [-0.1, -0.05) is 37.1 Å². The van der Waals surface area contributed by atoms with Crippen molar-refractivity contribution in [3.8, 4) is 5.75 Å². The van der Waals surface area contributed by atoms with Gasteiger partial charge in [0.05, 0.1) is 6.61 Å². The van der Waals surface area contributed by atoms with E-state index in [9.17, 15) is 9.90 Å². The Balaban J connectivity index is 1.90. The Kier molecular flexibility index (Phi) is 3.59. The lowest BCUT2D eigenvalue weighted by atomic mass is 10.1. The molecule has 0 spiro atoms. The van der Waals surface area contributed by atoms with Gasteiger partial charge in [-0.15, -0.1) is 0 Å². The highest BCUT2D eigenvalue weighted by Gasteiger charge is 2.18. The van der Waals surface area contributed by atoms with Crippen molar-refractivity contribution in [2.75, 3.05) is 6.61 Å². The van der Waals surface area contributed by atoms with E-state index >= 15 is 0 Å². The second kappa shape index (κ2) is 5.53. The highest BCUT2D eigenvalue weighted by atomic mass is 16.5. The number of carboxylic acids is 1. The van der Waals surface area contributed by atoms with Crippen molar-refractivity contribution in [1.29, 1.82) is 0 Å². The van der Waals surface area contributed by atoms with Gasteiger partial charge in [-0.05, 0) is 41.7 Å². The number of ether oxygens (including phenoxy) is 1. The van der Waals surface area contributed by atoms with Crippen LogP contribution in [0, 0.1) is 5.92 Å². The van der Waals surface area contributed by atoms with Crippen molar-refractivity contribution in [2.45, 2.75) is 25.7 Å². The summed E-state index contributed by atoms with van der Waals surface area (Å²) in [6, 6.07) is 11.3. The number of benzene rings is 2. The molecular weight excluding hydrogens is 252 g/mol. The summed E-state index contributed by atoms with van der Waals surface area (Å²) in [4.78, 5) is 11.4. The van der Waals surface area contributed by atoms with Crippen molar-refractivity contribution in [3.63, 3.8) is 0 Å². The van der Waals surface area contributed by atoms with Crippen LogP contribution >= 0.6 is 0 Å². The molecule has 0 amide bonds. The molecule has 0 bridgehead atoms. The first-order chi connectivity index (χ1) is 9.74. The number of fused-ring (bicyclic) bond motifs is 1. The number of aromatic carboxylic acids is 1. The topological polar surface area (TPSA) is 46.5 Å². The monoisotopic (exact) mass is 270 g/mol. The molecular formula is C17H18O3. The molecule has 1 fully saturated rings. The van der Waals surface area contributed by atoms with E-state index in [1.54, 1.807) is 6.07 Å². The van der Waals surface area contributed by atoms with Gasteiger partial charge in [0.15, 0.2) is 0 Å². The van der Waals surface area contributed by atoms with Crippen LogP contribution in [0.4, 0.5) is 0 Å². The normalized spacial score (nSPS) is 15.6. The average molecular weight is 270 g/mol. The Morgan fingerprint density at radius 2 is 1.80 bits per heavy atom. The fourth-order valence-electron chi connectivity index (χ4n) is 2.89. The summed E-state index contributed by atoms with van der Waals surface area (Å²) in [5.41, 5.74) is 0.252. The maximum atomic E-state index is 11.4. The van der Waals surface area contributed by atoms with Gasteiger partial charge in [0.2, 0.25) is 0 Å². The molecule has 104 valence electrons. The molecule has 0 unspecified atom stereocenters. The summed E-state index contributed by atoms with van der Waals surface area (Å²) in [6.45, 7) is 0.624. The van der Waals surface area contributed by atoms with Crippen LogP contribution in [0.2, 0.25) is 0 Å². The molecule has 1 aliphatic carbocycles.